The van der Waals surface area contributed by atoms with Crippen molar-refractivity contribution in [3.63, 3.8) is 0 Å². The zero-order valence-corrected chi connectivity index (χ0v) is 13.6. The summed E-state index contributed by atoms with van der Waals surface area (Å²) in [5.74, 6) is 1.59. The number of nitrogens with one attached hydrogen (secondary N) is 2. The van der Waals surface area contributed by atoms with E-state index < -0.39 is 0 Å². The summed E-state index contributed by atoms with van der Waals surface area (Å²) >= 11 is 0. The van der Waals surface area contributed by atoms with Crippen LogP contribution < -0.4 is 21.3 Å². The summed E-state index contributed by atoms with van der Waals surface area (Å²) in [7, 11) is 1.91. The molecule has 1 amide bonds. The number of fused-ring (bicyclic) bond motifs is 1. The molecule has 22 heavy (non-hydrogen) atoms. The molecule has 1 aliphatic heterocycles. The van der Waals surface area contributed by atoms with Gasteiger partial charge in [-0.3, -0.25) is 4.79 Å². The second kappa shape index (κ2) is 5.39. The lowest BCUT2D eigenvalue weighted by Gasteiger charge is -2.37. The van der Waals surface area contributed by atoms with Crippen molar-refractivity contribution < 1.29 is 4.79 Å². The summed E-state index contributed by atoms with van der Waals surface area (Å²) < 4.78 is 0. The fourth-order valence-corrected chi connectivity index (χ4v) is 3.24. The standard InChI is InChI=1S/C15H24N6O/c1-7(2)12-14(22)19-11-8(3)17-15(20-13(11)21(12)4)18-10-5-9(16)6-10/h7,9-10,12H,5-6,16H2,1-4H3,(H,19,22)(H,17,18,20)/t9-,10+,12?. The highest BCUT2D eigenvalue weighted by Crippen LogP contribution is 2.34. The van der Waals surface area contributed by atoms with E-state index in [1.165, 1.54) is 0 Å². The van der Waals surface area contributed by atoms with Crippen LogP contribution in [0.15, 0.2) is 0 Å². The SMILES string of the molecule is Cc1nc(N[C@H]2C[C@@H](N)C2)nc2c1NC(=O)C(C(C)C)N2C. The van der Waals surface area contributed by atoms with Gasteiger partial charge in [-0.2, -0.15) is 4.98 Å². The number of nitrogens with zero attached hydrogens (tertiary/aromatic N) is 3. The van der Waals surface area contributed by atoms with E-state index in [1.807, 2.05) is 32.7 Å². The summed E-state index contributed by atoms with van der Waals surface area (Å²) in [5, 5.41) is 6.29. The number of nitrogens with two attached hydrogens (primary N) is 1. The molecule has 0 saturated heterocycles. The fraction of sp³-hybridized carbons (Fsp3) is 0.667. The molecule has 0 bridgehead atoms. The Morgan fingerprint density at radius 1 is 1.36 bits per heavy atom. The first-order valence-electron chi connectivity index (χ1n) is 7.81. The number of rotatable bonds is 3. The van der Waals surface area contributed by atoms with Crippen LogP contribution in [0.25, 0.3) is 0 Å². The Hall–Kier alpha value is -1.89. The van der Waals surface area contributed by atoms with Gasteiger partial charge in [0.1, 0.15) is 11.7 Å². The predicted octanol–water partition coefficient (Wildman–Crippen LogP) is 1.10. The molecule has 4 N–H and O–H groups in total. The average Bonchev–Trinajstić information content (AvgIpc) is 2.38. The maximum Gasteiger partial charge on any atom is 0.247 e. The first-order chi connectivity index (χ1) is 10.4. The van der Waals surface area contributed by atoms with Crippen molar-refractivity contribution in [3.05, 3.63) is 5.69 Å². The Labute approximate surface area is 130 Å². The molecule has 3 rings (SSSR count). The molecule has 1 unspecified atom stereocenters. The highest BCUT2D eigenvalue weighted by atomic mass is 16.2. The minimum absolute atomic E-state index is 0.00220. The molecule has 1 fully saturated rings. The summed E-state index contributed by atoms with van der Waals surface area (Å²) in [4.78, 5) is 23.3. The lowest BCUT2D eigenvalue weighted by Crippen LogP contribution is -2.50. The summed E-state index contributed by atoms with van der Waals surface area (Å²) in [5.41, 5.74) is 7.30. The van der Waals surface area contributed by atoms with Crippen molar-refractivity contribution in [2.24, 2.45) is 11.7 Å². The number of anilines is 3. The number of carbonyl (C=O) groups is 1. The van der Waals surface area contributed by atoms with Crippen LogP contribution in [-0.4, -0.2) is 41.0 Å². The van der Waals surface area contributed by atoms with Crippen LogP contribution in [0.2, 0.25) is 0 Å². The van der Waals surface area contributed by atoms with Gasteiger partial charge in [0.15, 0.2) is 5.82 Å². The first-order valence-corrected chi connectivity index (χ1v) is 7.81. The van der Waals surface area contributed by atoms with Crippen molar-refractivity contribution in [1.29, 1.82) is 0 Å². The second-order valence-corrected chi connectivity index (χ2v) is 6.69. The lowest BCUT2D eigenvalue weighted by molar-refractivity contribution is -0.118. The zero-order valence-electron chi connectivity index (χ0n) is 13.6. The molecule has 120 valence electrons. The van der Waals surface area contributed by atoms with Crippen molar-refractivity contribution >= 4 is 23.4 Å². The third-order valence-electron chi connectivity index (χ3n) is 4.48. The second-order valence-electron chi connectivity index (χ2n) is 6.69. The molecule has 7 nitrogen and oxygen atoms in total. The van der Waals surface area contributed by atoms with Crippen LogP contribution in [0.5, 0.6) is 0 Å². The quantitative estimate of drug-likeness (QED) is 0.774. The number of hydrogen-bond acceptors (Lipinski definition) is 6. The van der Waals surface area contributed by atoms with Gasteiger partial charge in [0.25, 0.3) is 0 Å². The fourth-order valence-electron chi connectivity index (χ4n) is 3.24. The molecule has 1 aromatic heterocycles. The Balaban J connectivity index is 1.90. The molecule has 1 aliphatic carbocycles. The van der Waals surface area contributed by atoms with Crippen LogP contribution in [0.1, 0.15) is 32.4 Å². The van der Waals surface area contributed by atoms with E-state index in [-0.39, 0.29) is 23.9 Å². The molecule has 0 aromatic carbocycles. The largest absolute Gasteiger partial charge is 0.351 e. The first kappa shape index (κ1) is 15.0. The van der Waals surface area contributed by atoms with Gasteiger partial charge < -0.3 is 21.3 Å². The van der Waals surface area contributed by atoms with Gasteiger partial charge in [0.2, 0.25) is 11.9 Å². The van der Waals surface area contributed by atoms with Crippen molar-refractivity contribution in [2.45, 2.75) is 51.7 Å². The average molecular weight is 304 g/mol. The minimum Gasteiger partial charge on any atom is -0.351 e. The molecule has 1 saturated carbocycles. The Morgan fingerprint density at radius 3 is 2.64 bits per heavy atom. The minimum atomic E-state index is -0.216. The molecule has 0 spiro atoms. The van der Waals surface area contributed by atoms with Gasteiger partial charge >= 0.3 is 0 Å². The molecular formula is C15H24N6O. The molecule has 1 aromatic rings. The van der Waals surface area contributed by atoms with Crippen LogP contribution in [0, 0.1) is 12.8 Å². The Bertz CT molecular complexity index is 596. The summed E-state index contributed by atoms with van der Waals surface area (Å²) in [6.07, 6.45) is 1.89. The van der Waals surface area contributed by atoms with E-state index in [9.17, 15) is 4.79 Å². The maximum absolute atomic E-state index is 12.3. The monoisotopic (exact) mass is 304 g/mol. The third kappa shape index (κ3) is 2.49. The third-order valence-corrected chi connectivity index (χ3v) is 4.48. The number of aromatic nitrogens is 2. The number of hydrogen-bond donors (Lipinski definition) is 3. The van der Waals surface area contributed by atoms with E-state index in [0.717, 1.165) is 24.4 Å². The number of aryl methyl sites for hydroxylation is 1. The predicted molar refractivity (Wildman–Crippen MR) is 87.0 cm³/mol. The molecular weight excluding hydrogens is 280 g/mol. The molecule has 7 heteroatoms. The van der Waals surface area contributed by atoms with Crippen molar-refractivity contribution in [3.8, 4) is 0 Å². The zero-order chi connectivity index (χ0) is 16.0. The molecule has 0 radical (unpaired) electrons. The maximum atomic E-state index is 12.3. The van der Waals surface area contributed by atoms with E-state index in [0.29, 0.717) is 17.7 Å². The highest BCUT2D eigenvalue weighted by Gasteiger charge is 2.35. The Kier molecular flexibility index (Phi) is 3.68. The van der Waals surface area contributed by atoms with E-state index in [1.54, 1.807) is 0 Å². The van der Waals surface area contributed by atoms with Crippen LogP contribution in [-0.2, 0) is 4.79 Å². The highest BCUT2D eigenvalue weighted by molar-refractivity contribution is 6.03. The van der Waals surface area contributed by atoms with E-state index in [4.69, 9.17) is 5.73 Å². The summed E-state index contributed by atoms with van der Waals surface area (Å²) in [6.45, 7) is 5.96. The van der Waals surface area contributed by atoms with Gasteiger partial charge in [-0.25, -0.2) is 4.98 Å². The van der Waals surface area contributed by atoms with Gasteiger partial charge in [0, 0.05) is 19.1 Å². The van der Waals surface area contributed by atoms with Gasteiger partial charge in [-0.1, -0.05) is 13.8 Å². The van der Waals surface area contributed by atoms with Gasteiger partial charge in [0.05, 0.1) is 5.69 Å². The van der Waals surface area contributed by atoms with Crippen LogP contribution in [0.4, 0.5) is 17.5 Å². The van der Waals surface area contributed by atoms with E-state index in [2.05, 4.69) is 20.6 Å². The number of likely N-dealkylation sites (N-methyl/N-ethyl adjacent to an activating group) is 1. The molecule has 2 aliphatic rings. The normalized spacial score (nSPS) is 27.3. The van der Waals surface area contributed by atoms with Gasteiger partial charge in [-0.05, 0) is 25.7 Å². The Morgan fingerprint density at radius 2 is 2.05 bits per heavy atom. The van der Waals surface area contributed by atoms with Crippen molar-refractivity contribution in [2.75, 3.05) is 22.6 Å². The number of amides is 1. The van der Waals surface area contributed by atoms with Crippen LogP contribution >= 0.6 is 0 Å². The van der Waals surface area contributed by atoms with Crippen LogP contribution in [0.3, 0.4) is 0 Å². The van der Waals surface area contributed by atoms with Gasteiger partial charge in [-0.15, -0.1) is 0 Å². The summed E-state index contributed by atoms with van der Waals surface area (Å²) in [6, 6.07) is 0.409. The smallest absolute Gasteiger partial charge is 0.247 e. The molecule has 1 atom stereocenters. The number of carbonyl (C=O) groups excluding carboxylic acids is 1. The van der Waals surface area contributed by atoms with E-state index >= 15 is 0 Å². The van der Waals surface area contributed by atoms with Crippen molar-refractivity contribution in [1.82, 2.24) is 9.97 Å². The lowest BCUT2D eigenvalue weighted by atomic mass is 9.88. The topological polar surface area (TPSA) is 96.2 Å². The molecule has 2 heterocycles.